The number of carbonyl (C=O) groups excluding carboxylic acids is 1. The summed E-state index contributed by atoms with van der Waals surface area (Å²) in [5, 5.41) is 13.2. The second-order valence-corrected chi connectivity index (χ2v) is 5.72. The van der Waals surface area contributed by atoms with Gasteiger partial charge in [-0.2, -0.15) is 11.3 Å². The Kier molecular flexibility index (Phi) is 7.13. The molecule has 0 fully saturated rings. The number of hydrogen-bond donors (Lipinski definition) is 3. The van der Waals surface area contributed by atoms with Gasteiger partial charge in [0, 0.05) is 13.1 Å². The summed E-state index contributed by atoms with van der Waals surface area (Å²) in [6.45, 7) is 4.08. The second-order valence-electron chi connectivity index (χ2n) is 4.94. The highest BCUT2D eigenvalue weighted by Gasteiger charge is 2.03. The van der Waals surface area contributed by atoms with Crippen molar-refractivity contribution in [3.8, 4) is 0 Å². The van der Waals surface area contributed by atoms with Gasteiger partial charge in [0.2, 0.25) is 5.91 Å². The molecule has 1 heterocycles. The smallest absolute Gasteiger partial charge is 0.239 e. The number of hydrogen-bond acceptors (Lipinski definition) is 3. The molecule has 0 aliphatic carbocycles. The van der Waals surface area contributed by atoms with Crippen molar-refractivity contribution in [2.45, 2.75) is 20.0 Å². The number of thiophene rings is 1. The number of rotatable bonds is 7. The lowest BCUT2D eigenvalue weighted by atomic mass is 10.2. The standard InChI is InChI=1S/C17H22N4OS/c1-2-18-17(20-11-15-8-9-23-13-15)21-12-16(22)19-10-14-6-4-3-5-7-14/h3-9,13H,2,10-12H2,1H3,(H,19,22)(H2,18,20,21). The fraction of sp³-hybridized carbons (Fsp3) is 0.294. The van der Waals surface area contributed by atoms with Crippen molar-refractivity contribution in [2.24, 2.45) is 4.99 Å². The molecule has 0 bridgehead atoms. The summed E-state index contributed by atoms with van der Waals surface area (Å²) in [4.78, 5) is 16.4. The molecule has 1 amide bonds. The van der Waals surface area contributed by atoms with E-state index in [1.807, 2.05) is 48.7 Å². The summed E-state index contributed by atoms with van der Waals surface area (Å²) in [5.74, 6) is 0.587. The van der Waals surface area contributed by atoms with Gasteiger partial charge >= 0.3 is 0 Å². The van der Waals surface area contributed by atoms with Gasteiger partial charge in [-0.05, 0) is 34.9 Å². The van der Waals surface area contributed by atoms with Crippen molar-refractivity contribution in [2.75, 3.05) is 13.1 Å². The zero-order valence-corrected chi connectivity index (χ0v) is 14.0. The molecule has 2 rings (SSSR count). The van der Waals surface area contributed by atoms with E-state index in [1.165, 1.54) is 5.56 Å². The average molecular weight is 330 g/mol. The van der Waals surface area contributed by atoms with E-state index in [1.54, 1.807) is 11.3 Å². The Bertz CT molecular complexity index is 611. The van der Waals surface area contributed by atoms with Crippen molar-refractivity contribution in [3.05, 3.63) is 58.3 Å². The zero-order chi connectivity index (χ0) is 16.3. The third kappa shape index (κ3) is 6.52. The lowest BCUT2D eigenvalue weighted by Crippen LogP contribution is -2.43. The molecule has 0 aliphatic heterocycles. The van der Waals surface area contributed by atoms with Gasteiger partial charge in [0.15, 0.2) is 5.96 Å². The Labute approximate surface area is 140 Å². The van der Waals surface area contributed by atoms with E-state index >= 15 is 0 Å². The van der Waals surface area contributed by atoms with E-state index in [-0.39, 0.29) is 12.5 Å². The summed E-state index contributed by atoms with van der Waals surface area (Å²) in [5.41, 5.74) is 2.25. The number of carbonyl (C=O) groups is 1. The molecule has 1 aromatic heterocycles. The van der Waals surface area contributed by atoms with E-state index in [0.717, 1.165) is 12.1 Å². The molecule has 2 aromatic rings. The van der Waals surface area contributed by atoms with Gasteiger partial charge in [0.05, 0.1) is 13.1 Å². The van der Waals surface area contributed by atoms with Crippen LogP contribution in [0.3, 0.4) is 0 Å². The third-order valence-corrected chi connectivity index (χ3v) is 3.83. The summed E-state index contributed by atoms with van der Waals surface area (Å²) in [7, 11) is 0. The van der Waals surface area contributed by atoms with Crippen LogP contribution in [0.4, 0.5) is 0 Å². The van der Waals surface area contributed by atoms with Gasteiger partial charge < -0.3 is 16.0 Å². The molecule has 5 nitrogen and oxygen atoms in total. The highest BCUT2D eigenvalue weighted by molar-refractivity contribution is 7.07. The summed E-state index contributed by atoms with van der Waals surface area (Å²) >= 11 is 1.65. The first-order valence-electron chi connectivity index (χ1n) is 7.62. The van der Waals surface area contributed by atoms with Crippen LogP contribution < -0.4 is 16.0 Å². The minimum atomic E-state index is -0.0602. The molecule has 0 spiro atoms. The van der Waals surface area contributed by atoms with Gasteiger partial charge in [-0.3, -0.25) is 4.79 Å². The van der Waals surface area contributed by atoms with Crippen LogP contribution in [0.15, 0.2) is 52.2 Å². The molecular formula is C17H22N4OS. The summed E-state index contributed by atoms with van der Waals surface area (Å²) < 4.78 is 0. The monoisotopic (exact) mass is 330 g/mol. The molecule has 0 saturated heterocycles. The maximum absolute atomic E-state index is 11.9. The normalized spacial score (nSPS) is 11.1. The summed E-state index contributed by atoms with van der Waals surface area (Å²) in [6.07, 6.45) is 0. The quantitative estimate of drug-likeness (QED) is 0.538. The van der Waals surface area contributed by atoms with Crippen LogP contribution in [0.2, 0.25) is 0 Å². The molecule has 1 aromatic carbocycles. The van der Waals surface area contributed by atoms with Crippen LogP contribution in [0.25, 0.3) is 0 Å². The molecule has 3 N–H and O–H groups in total. The Morgan fingerprint density at radius 3 is 2.61 bits per heavy atom. The van der Waals surface area contributed by atoms with Gasteiger partial charge in [-0.15, -0.1) is 0 Å². The van der Waals surface area contributed by atoms with Crippen molar-refractivity contribution in [1.82, 2.24) is 16.0 Å². The topological polar surface area (TPSA) is 65.5 Å². The lowest BCUT2D eigenvalue weighted by Gasteiger charge is -2.11. The molecule has 0 aliphatic rings. The van der Waals surface area contributed by atoms with E-state index < -0.39 is 0 Å². The first-order valence-corrected chi connectivity index (χ1v) is 8.56. The number of benzene rings is 1. The van der Waals surface area contributed by atoms with E-state index in [0.29, 0.717) is 19.0 Å². The van der Waals surface area contributed by atoms with E-state index in [9.17, 15) is 4.79 Å². The van der Waals surface area contributed by atoms with Gasteiger partial charge in [0.1, 0.15) is 0 Å². The van der Waals surface area contributed by atoms with Crippen molar-refractivity contribution in [3.63, 3.8) is 0 Å². The largest absolute Gasteiger partial charge is 0.357 e. The SMILES string of the molecule is CCNC(=NCc1ccsc1)NCC(=O)NCc1ccccc1. The van der Waals surface area contributed by atoms with Gasteiger partial charge in [0.25, 0.3) is 0 Å². The number of amides is 1. The molecule has 122 valence electrons. The van der Waals surface area contributed by atoms with Crippen LogP contribution in [-0.4, -0.2) is 25.0 Å². The predicted molar refractivity (Wildman–Crippen MR) is 95.4 cm³/mol. The van der Waals surface area contributed by atoms with Gasteiger partial charge in [-0.1, -0.05) is 30.3 Å². The highest BCUT2D eigenvalue weighted by Crippen LogP contribution is 2.06. The first kappa shape index (κ1) is 17.0. The van der Waals surface area contributed by atoms with Crippen LogP contribution in [-0.2, 0) is 17.9 Å². The molecule has 23 heavy (non-hydrogen) atoms. The first-order chi connectivity index (χ1) is 11.3. The highest BCUT2D eigenvalue weighted by atomic mass is 32.1. The van der Waals surface area contributed by atoms with Crippen LogP contribution in [0.5, 0.6) is 0 Å². The Morgan fingerprint density at radius 2 is 1.91 bits per heavy atom. The fourth-order valence-corrected chi connectivity index (χ4v) is 2.58. The molecule has 0 atom stereocenters. The fourth-order valence-electron chi connectivity index (χ4n) is 1.92. The van der Waals surface area contributed by atoms with Crippen molar-refractivity contribution >= 4 is 23.2 Å². The predicted octanol–water partition coefficient (Wildman–Crippen LogP) is 2.12. The molecular weight excluding hydrogens is 308 g/mol. The minimum absolute atomic E-state index is 0.0602. The average Bonchev–Trinajstić information content (AvgIpc) is 3.10. The van der Waals surface area contributed by atoms with E-state index in [2.05, 4.69) is 26.3 Å². The Balaban J connectivity index is 1.76. The van der Waals surface area contributed by atoms with E-state index in [4.69, 9.17) is 0 Å². The number of guanidine groups is 1. The van der Waals surface area contributed by atoms with Gasteiger partial charge in [-0.25, -0.2) is 4.99 Å². The maximum atomic E-state index is 11.9. The zero-order valence-electron chi connectivity index (χ0n) is 13.2. The third-order valence-electron chi connectivity index (χ3n) is 3.09. The van der Waals surface area contributed by atoms with Crippen LogP contribution in [0.1, 0.15) is 18.1 Å². The number of nitrogens with zero attached hydrogens (tertiary/aromatic N) is 1. The number of aliphatic imine (C=N–C) groups is 1. The second kappa shape index (κ2) is 9.63. The van der Waals surface area contributed by atoms with Crippen LogP contribution in [0, 0.1) is 0 Å². The maximum Gasteiger partial charge on any atom is 0.239 e. The Hall–Kier alpha value is -2.34. The Morgan fingerprint density at radius 1 is 1.09 bits per heavy atom. The molecule has 0 saturated carbocycles. The summed E-state index contributed by atoms with van der Waals surface area (Å²) in [6, 6.07) is 11.9. The van der Waals surface area contributed by atoms with Crippen LogP contribution >= 0.6 is 11.3 Å². The minimum Gasteiger partial charge on any atom is -0.357 e. The molecule has 0 radical (unpaired) electrons. The number of nitrogens with one attached hydrogen (secondary N) is 3. The van der Waals surface area contributed by atoms with Crippen molar-refractivity contribution in [1.29, 1.82) is 0 Å². The molecule has 0 unspecified atom stereocenters. The molecule has 6 heteroatoms. The van der Waals surface area contributed by atoms with Crippen molar-refractivity contribution < 1.29 is 4.79 Å². The lowest BCUT2D eigenvalue weighted by molar-refractivity contribution is -0.120.